The molecule has 0 spiro atoms. The highest BCUT2D eigenvalue weighted by Gasteiger charge is 2.08. The number of sulfonamides is 1. The van der Waals surface area contributed by atoms with Crippen LogP contribution in [0.1, 0.15) is 12.5 Å². The van der Waals surface area contributed by atoms with E-state index < -0.39 is 15.9 Å². The first-order valence-corrected chi connectivity index (χ1v) is 6.46. The van der Waals surface area contributed by atoms with Crippen LogP contribution < -0.4 is 4.72 Å². The van der Waals surface area contributed by atoms with Gasteiger partial charge >= 0.3 is 0 Å². The molecule has 86 valence electrons. The fourth-order valence-electron chi connectivity index (χ4n) is 0.996. The molecule has 16 heavy (non-hydrogen) atoms. The normalized spacial score (nSPS) is 11.6. The monoisotopic (exact) mass is 239 g/mol. The highest BCUT2D eigenvalue weighted by molar-refractivity contribution is 7.90. The average Bonchev–Trinajstić information content (AvgIpc) is 2.27. The number of carbonyl (C=O) groups is 1. The van der Waals surface area contributed by atoms with Gasteiger partial charge in [0.25, 0.3) is 5.91 Å². The molecule has 1 aromatic carbocycles. The molecule has 0 bridgehead atoms. The number of benzene rings is 1. The van der Waals surface area contributed by atoms with Crippen LogP contribution in [-0.2, 0) is 14.8 Å². The maximum atomic E-state index is 11.2. The van der Waals surface area contributed by atoms with E-state index in [1.165, 1.54) is 13.0 Å². The minimum atomic E-state index is -3.47. The fraction of sp³-hybridized carbons (Fsp3) is 0.182. The highest BCUT2D eigenvalue weighted by Crippen LogP contribution is 2.00. The Morgan fingerprint density at radius 3 is 2.50 bits per heavy atom. The van der Waals surface area contributed by atoms with Gasteiger partial charge in [-0.25, -0.2) is 13.1 Å². The number of amides is 1. The molecule has 0 atom stereocenters. The predicted molar refractivity (Wildman–Crippen MR) is 63.1 cm³/mol. The van der Waals surface area contributed by atoms with Crippen molar-refractivity contribution >= 4 is 22.0 Å². The molecule has 0 unspecified atom stereocenters. The lowest BCUT2D eigenvalue weighted by Gasteiger charge is -2.00. The molecule has 4 nitrogen and oxygen atoms in total. The Morgan fingerprint density at radius 2 is 1.94 bits per heavy atom. The molecule has 0 fully saturated rings. The Bertz CT molecular complexity index is 477. The summed E-state index contributed by atoms with van der Waals surface area (Å²) in [6, 6.07) is 9.16. The zero-order chi connectivity index (χ0) is 12.0. The molecule has 5 heteroatoms. The van der Waals surface area contributed by atoms with E-state index in [0.717, 1.165) is 5.56 Å². The maximum absolute atomic E-state index is 11.2. The Labute approximate surface area is 95.0 Å². The average molecular weight is 239 g/mol. The minimum Gasteiger partial charge on any atom is -0.269 e. The summed E-state index contributed by atoms with van der Waals surface area (Å²) < 4.78 is 24.0. The SMILES string of the molecule is CCS(=O)(=O)NC(=O)/C=C/c1ccccc1. The molecule has 0 aliphatic heterocycles. The van der Waals surface area contributed by atoms with Crippen molar-refractivity contribution in [3.8, 4) is 0 Å². The van der Waals surface area contributed by atoms with Gasteiger partial charge in [0.1, 0.15) is 0 Å². The summed E-state index contributed by atoms with van der Waals surface area (Å²) in [5.41, 5.74) is 0.839. The largest absolute Gasteiger partial charge is 0.269 e. The molecule has 0 saturated heterocycles. The minimum absolute atomic E-state index is 0.113. The molecule has 0 saturated carbocycles. The van der Waals surface area contributed by atoms with E-state index in [0.29, 0.717) is 0 Å². The van der Waals surface area contributed by atoms with Gasteiger partial charge in [0.15, 0.2) is 0 Å². The van der Waals surface area contributed by atoms with Crippen molar-refractivity contribution in [1.82, 2.24) is 4.72 Å². The van der Waals surface area contributed by atoms with Crippen molar-refractivity contribution in [3.63, 3.8) is 0 Å². The van der Waals surface area contributed by atoms with Gasteiger partial charge < -0.3 is 0 Å². The standard InChI is InChI=1S/C11H13NO3S/c1-2-16(14,15)12-11(13)9-8-10-6-4-3-5-7-10/h3-9H,2H2,1H3,(H,12,13)/b9-8+. The lowest BCUT2D eigenvalue weighted by Crippen LogP contribution is -2.30. The lowest BCUT2D eigenvalue weighted by atomic mass is 10.2. The van der Waals surface area contributed by atoms with Crippen LogP contribution in [0.3, 0.4) is 0 Å². The smallest absolute Gasteiger partial charge is 0.257 e. The highest BCUT2D eigenvalue weighted by atomic mass is 32.2. The quantitative estimate of drug-likeness (QED) is 0.802. The first-order chi connectivity index (χ1) is 7.53. The van der Waals surface area contributed by atoms with Crippen molar-refractivity contribution in [2.24, 2.45) is 0 Å². The number of hydrogen-bond acceptors (Lipinski definition) is 3. The van der Waals surface area contributed by atoms with Gasteiger partial charge in [-0.2, -0.15) is 0 Å². The topological polar surface area (TPSA) is 63.2 Å². The predicted octanol–water partition coefficient (Wildman–Crippen LogP) is 1.17. The summed E-state index contributed by atoms with van der Waals surface area (Å²) >= 11 is 0. The summed E-state index contributed by atoms with van der Waals surface area (Å²) in [6.45, 7) is 1.47. The summed E-state index contributed by atoms with van der Waals surface area (Å²) in [5, 5.41) is 0. The molecule has 0 heterocycles. The van der Waals surface area contributed by atoms with Gasteiger partial charge in [0, 0.05) is 6.08 Å². The van der Waals surface area contributed by atoms with E-state index in [9.17, 15) is 13.2 Å². The lowest BCUT2D eigenvalue weighted by molar-refractivity contribution is -0.114. The van der Waals surface area contributed by atoms with E-state index in [1.807, 2.05) is 35.1 Å². The van der Waals surface area contributed by atoms with Crippen LogP contribution in [0.4, 0.5) is 0 Å². The van der Waals surface area contributed by atoms with Gasteiger partial charge in [0.05, 0.1) is 5.75 Å². The van der Waals surface area contributed by atoms with Gasteiger partial charge in [0.2, 0.25) is 10.0 Å². The number of hydrogen-bond donors (Lipinski definition) is 1. The van der Waals surface area contributed by atoms with E-state index in [1.54, 1.807) is 6.08 Å². The van der Waals surface area contributed by atoms with Crippen LogP contribution in [0.25, 0.3) is 6.08 Å². The second-order valence-electron chi connectivity index (χ2n) is 3.11. The Kier molecular flexibility index (Phi) is 4.25. The zero-order valence-corrected chi connectivity index (χ0v) is 9.70. The van der Waals surface area contributed by atoms with E-state index in [4.69, 9.17) is 0 Å². The van der Waals surface area contributed by atoms with Crippen molar-refractivity contribution in [3.05, 3.63) is 42.0 Å². The van der Waals surface area contributed by atoms with Crippen molar-refractivity contribution < 1.29 is 13.2 Å². The Hall–Kier alpha value is -1.62. The maximum Gasteiger partial charge on any atom is 0.257 e. The third-order valence-corrected chi connectivity index (χ3v) is 3.14. The van der Waals surface area contributed by atoms with Crippen LogP contribution in [0.5, 0.6) is 0 Å². The van der Waals surface area contributed by atoms with Gasteiger partial charge in [-0.15, -0.1) is 0 Å². The first kappa shape index (κ1) is 12.4. The molecule has 0 aliphatic carbocycles. The molecule has 1 amide bonds. The third-order valence-electron chi connectivity index (χ3n) is 1.86. The zero-order valence-electron chi connectivity index (χ0n) is 8.88. The fourth-order valence-corrected chi connectivity index (χ4v) is 1.51. The van der Waals surface area contributed by atoms with E-state index in [2.05, 4.69) is 0 Å². The number of carbonyl (C=O) groups excluding carboxylic acids is 1. The molecule has 1 N–H and O–H groups in total. The van der Waals surface area contributed by atoms with Gasteiger partial charge in [-0.3, -0.25) is 4.79 Å². The second kappa shape index (κ2) is 5.46. The van der Waals surface area contributed by atoms with Crippen molar-refractivity contribution in [1.29, 1.82) is 0 Å². The van der Waals surface area contributed by atoms with E-state index >= 15 is 0 Å². The number of nitrogens with one attached hydrogen (secondary N) is 1. The van der Waals surface area contributed by atoms with E-state index in [-0.39, 0.29) is 5.75 Å². The third kappa shape index (κ3) is 4.27. The number of rotatable bonds is 4. The van der Waals surface area contributed by atoms with Gasteiger partial charge in [-0.1, -0.05) is 30.3 Å². The van der Waals surface area contributed by atoms with Crippen LogP contribution in [0.2, 0.25) is 0 Å². The van der Waals surface area contributed by atoms with Crippen LogP contribution in [0.15, 0.2) is 36.4 Å². The molecule has 1 rings (SSSR count). The molecule has 0 aliphatic rings. The van der Waals surface area contributed by atoms with Gasteiger partial charge in [-0.05, 0) is 18.6 Å². The summed E-state index contributed by atoms with van der Waals surface area (Å²) in [5.74, 6) is -0.747. The van der Waals surface area contributed by atoms with Crippen LogP contribution in [0, 0.1) is 0 Å². The second-order valence-corrected chi connectivity index (χ2v) is 5.12. The van der Waals surface area contributed by atoms with Crippen molar-refractivity contribution in [2.45, 2.75) is 6.92 Å². The molecular formula is C11H13NO3S. The van der Waals surface area contributed by atoms with Crippen molar-refractivity contribution in [2.75, 3.05) is 5.75 Å². The molecular weight excluding hydrogens is 226 g/mol. The van der Waals surface area contributed by atoms with Crippen LogP contribution >= 0.6 is 0 Å². The summed E-state index contributed by atoms with van der Waals surface area (Å²) in [7, 11) is -3.47. The molecule has 1 aromatic rings. The summed E-state index contributed by atoms with van der Waals surface area (Å²) in [4.78, 5) is 11.2. The molecule has 0 radical (unpaired) electrons. The molecule has 0 aromatic heterocycles. The van der Waals surface area contributed by atoms with Crippen LogP contribution in [-0.4, -0.2) is 20.1 Å². The summed E-state index contributed by atoms with van der Waals surface area (Å²) in [6.07, 6.45) is 2.75. The Morgan fingerprint density at radius 1 is 1.31 bits per heavy atom. The first-order valence-electron chi connectivity index (χ1n) is 4.81. The Balaban J connectivity index is 2.63.